The zero-order chi connectivity index (χ0) is 21.1. The number of rotatable bonds is 5. The molecule has 1 amide bonds. The van der Waals surface area contributed by atoms with Crippen LogP contribution in [0.1, 0.15) is 35.8 Å². The maximum absolute atomic E-state index is 13.4. The molecule has 0 N–H and O–H groups in total. The smallest absolute Gasteiger partial charge is 0.309 e. The van der Waals surface area contributed by atoms with Gasteiger partial charge >= 0.3 is 5.97 Å². The number of piperidine rings is 1. The highest BCUT2D eigenvalue weighted by Crippen LogP contribution is 2.28. The second-order valence-electron chi connectivity index (χ2n) is 7.46. The summed E-state index contributed by atoms with van der Waals surface area (Å²) in [4.78, 5) is 28.2. The van der Waals surface area contributed by atoms with Crippen LogP contribution in [0.3, 0.4) is 0 Å². The number of likely N-dealkylation sites (tertiary alicyclic amines) is 1. The van der Waals surface area contributed by atoms with Gasteiger partial charge in [-0.3, -0.25) is 9.59 Å². The molecule has 0 saturated carbocycles. The van der Waals surface area contributed by atoms with Gasteiger partial charge in [-0.15, -0.1) is 11.3 Å². The molecule has 1 fully saturated rings. The Morgan fingerprint density at radius 3 is 2.53 bits per heavy atom. The lowest BCUT2D eigenvalue weighted by molar-refractivity contribution is -0.149. The molecule has 1 aliphatic rings. The molecule has 156 valence electrons. The molecule has 1 aliphatic heterocycles. The Hall–Kier alpha value is -2.93. The molecule has 0 atom stereocenters. The van der Waals surface area contributed by atoms with Gasteiger partial charge in [0.1, 0.15) is 11.4 Å². The number of ether oxygens (including phenoxy) is 1. The van der Waals surface area contributed by atoms with E-state index in [9.17, 15) is 9.59 Å². The number of hydrogen-bond acceptors (Lipinski definition) is 5. The lowest BCUT2D eigenvalue weighted by Crippen LogP contribution is -2.41. The summed E-state index contributed by atoms with van der Waals surface area (Å²) in [6.07, 6.45) is 1.25. The van der Waals surface area contributed by atoms with Gasteiger partial charge in [-0.2, -0.15) is 5.10 Å². The zero-order valence-corrected chi connectivity index (χ0v) is 18.0. The van der Waals surface area contributed by atoms with E-state index < -0.39 is 0 Å². The van der Waals surface area contributed by atoms with Crippen molar-refractivity contribution in [1.29, 1.82) is 0 Å². The van der Waals surface area contributed by atoms with Gasteiger partial charge in [0.05, 0.1) is 23.1 Å². The van der Waals surface area contributed by atoms with Crippen molar-refractivity contribution >= 4 is 23.2 Å². The predicted octanol–water partition coefficient (Wildman–Crippen LogP) is 4.32. The summed E-state index contributed by atoms with van der Waals surface area (Å²) in [5, 5.41) is 6.74. The van der Waals surface area contributed by atoms with Crippen LogP contribution >= 0.6 is 11.3 Å². The minimum absolute atomic E-state index is 0.0619. The van der Waals surface area contributed by atoms with Crippen molar-refractivity contribution in [2.75, 3.05) is 19.7 Å². The van der Waals surface area contributed by atoms with Gasteiger partial charge in [0, 0.05) is 13.1 Å². The summed E-state index contributed by atoms with van der Waals surface area (Å²) in [5.74, 6) is -0.347. The molecule has 1 aromatic carbocycles. The summed E-state index contributed by atoms with van der Waals surface area (Å²) in [5.41, 5.74) is 3.33. The number of benzene rings is 1. The Bertz CT molecular complexity index is 1020. The minimum Gasteiger partial charge on any atom is -0.466 e. The molecule has 1 saturated heterocycles. The molecule has 30 heavy (non-hydrogen) atoms. The molecule has 6 nitrogen and oxygen atoms in total. The third kappa shape index (κ3) is 4.16. The largest absolute Gasteiger partial charge is 0.466 e. The fourth-order valence-electron chi connectivity index (χ4n) is 3.70. The van der Waals surface area contributed by atoms with Gasteiger partial charge in [0.25, 0.3) is 5.91 Å². The molecule has 0 unspecified atom stereocenters. The van der Waals surface area contributed by atoms with E-state index in [0.717, 1.165) is 21.8 Å². The van der Waals surface area contributed by atoms with Crippen LogP contribution in [-0.2, 0) is 9.53 Å². The summed E-state index contributed by atoms with van der Waals surface area (Å²) in [6, 6.07) is 13.8. The van der Waals surface area contributed by atoms with E-state index in [1.807, 2.05) is 66.6 Å². The van der Waals surface area contributed by atoms with Crippen molar-refractivity contribution in [2.24, 2.45) is 5.92 Å². The lowest BCUT2D eigenvalue weighted by atomic mass is 9.97. The Labute approximate surface area is 180 Å². The Morgan fingerprint density at radius 2 is 1.90 bits per heavy atom. The van der Waals surface area contributed by atoms with E-state index in [-0.39, 0.29) is 17.8 Å². The van der Waals surface area contributed by atoms with Gasteiger partial charge < -0.3 is 9.64 Å². The summed E-state index contributed by atoms with van der Waals surface area (Å²) < 4.78 is 6.87. The van der Waals surface area contributed by atoms with Gasteiger partial charge in [0.15, 0.2) is 0 Å². The summed E-state index contributed by atoms with van der Waals surface area (Å²) >= 11 is 1.60. The van der Waals surface area contributed by atoms with E-state index in [1.54, 1.807) is 16.0 Å². The molecule has 0 radical (unpaired) electrons. The molecule has 4 rings (SSSR count). The molecular formula is C23H25N3O3S. The van der Waals surface area contributed by atoms with Crippen LogP contribution in [0.15, 0.2) is 47.8 Å². The number of nitrogens with zero attached hydrogens (tertiary/aromatic N) is 3. The van der Waals surface area contributed by atoms with Crippen molar-refractivity contribution < 1.29 is 14.3 Å². The number of carbonyl (C=O) groups excluding carboxylic acids is 2. The van der Waals surface area contributed by atoms with Crippen LogP contribution in [0, 0.1) is 12.8 Å². The van der Waals surface area contributed by atoms with Crippen LogP contribution in [0.5, 0.6) is 0 Å². The second kappa shape index (κ2) is 8.83. The highest BCUT2D eigenvalue weighted by Gasteiger charge is 2.30. The normalized spacial score (nSPS) is 14.7. The molecule has 0 spiro atoms. The molecule has 2 aromatic heterocycles. The molecule has 0 bridgehead atoms. The molecule has 7 heteroatoms. The van der Waals surface area contributed by atoms with Gasteiger partial charge in [-0.25, -0.2) is 4.68 Å². The number of aromatic nitrogens is 2. The first-order valence-electron chi connectivity index (χ1n) is 10.2. The Morgan fingerprint density at radius 1 is 1.17 bits per heavy atom. The van der Waals surface area contributed by atoms with Crippen LogP contribution in [-0.4, -0.2) is 46.3 Å². The standard InChI is InChI=1S/C23H25N3O3S/c1-3-29-23(28)17-10-12-25(13-11-17)22(27)20-15-19(21-5-4-14-30-21)24-26(20)18-8-6-16(2)7-9-18/h4-9,14-15,17H,3,10-13H2,1-2H3. The SMILES string of the molecule is CCOC(=O)C1CCN(C(=O)c2cc(-c3cccs3)nn2-c2ccc(C)cc2)CC1. The molecular weight excluding hydrogens is 398 g/mol. The molecule has 3 aromatic rings. The van der Waals surface area contributed by atoms with E-state index in [1.165, 1.54) is 0 Å². The van der Waals surface area contributed by atoms with Crippen molar-refractivity contribution in [3.05, 3.63) is 59.1 Å². The van der Waals surface area contributed by atoms with Crippen molar-refractivity contribution in [2.45, 2.75) is 26.7 Å². The number of esters is 1. The van der Waals surface area contributed by atoms with Crippen LogP contribution in [0.4, 0.5) is 0 Å². The highest BCUT2D eigenvalue weighted by molar-refractivity contribution is 7.13. The van der Waals surface area contributed by atoms with Gasteiger partial charge in [-0.1, -0.05) is 23.8 Å². The number of aryl methyl sites for hydroxylation is 1. The van der Waals surface area contributed by atoms with Gasteiger partial charge in [0.2, 0.25) is 0 Å². The first-order valence-corrected chi connectivity index (χ1v) is 11.1. The number of hydrogen-bond donors (Lipinski definition) is 0. The minimum atomic E-state index is -0.158. The Balaban J connectivity index is 1.60. The molecule has 0 aliphatic carbocycles. The van der Waals surface area contributed by atoms with Crippen molar-refractivity contribution in [3.63, 3.8) is 0 Å². The van der Waals surface area contributed by atoms with Crippen LogP contribution in [0.25, 0.3) is 16.3 Å². The first-order chi connectivity index (χ1) is 14.6. The zero-order valence-electron chi connectivity index (χ0n) is 17.2. The van der Waals surface area contributed by atoms with Gasteiger partial charge in [-0.05, 0) is 56.3 Å². The third-order valence-corrected chi connectivity index (χ3v) is 6.28. The topological polar surface area (TPSA) is 64.4 Å². The second-order valence-corrected chi connectivity index (χ2v) is 8.41. The van der Waals surface area contributed by atoms with E-state index in [2.05, 4.69) is 0 Å². The summed E-state index contributed by atoms with van der Waals surface area (Å²) in [6.45, 7) is 5.31. The number of amides is 1. The van der Waals surface area contributed by atoms with Crippen molar-refractivity contribution in [3.8, 4) is 16.3 Å². The average molecular weight is 424 g/mol. The van der Waals surface area contributed by atoms with Crippen LogP contribution in [0.2, 0.25) is 0 Å². The van der Waals surface area contributed by atoms with E-state index in [4.69, 9.17) is 9.84 Å². The van der Waals surface area contributed by atoms with E-state index >= 15 is 0 Å². The predicted molar refractivity (Wildman–Crippen MR) is 117 cm³/mol. The molecule has 3 heterocycles. The first kappa shape index (κ1) is 20.3. The third-order valence-electron chi connectivity index (χ3n) is 5.38. The fraction of sp³-hybridized carbons (Fsp3) is 0.348. The Kier molecular flexibility index (Phi) is 5.99. The number of carbonyl (C=O) groups is 2. The van der Waals surface area contributed by atoms with Crippen LogP contribution < -0.4 is 0 Å². The fourth-order valence-corrected chi connectivity index (χ4v) is 4.38. The van der Waals surface area contributed by atoms with E-state index in [0.29, 0.717) is 38.2 Å². The quantitative estimate of drug-likeness (QED) is 0.573. The highest BCUT2D eigenvalue weighted by atomic mass is 32.1. The van der Waals surface area contributed by atoms with Crippen molar-refractivity contribution in [1.82, 2.24) is 14.7 Å². The maximum atomic E-state index is 13.4. The number of thiophene rings is 1. The maximum Gasteiger partial charge on any atom is 0.309 e. The summed E-state index contributed by atoms with van der Waals surface area (Å²) in [7, 11) is 0. The monoisotopic (exact) mass is 423 g/mol. The average Bonchev–Trinajstić information content (AvgIpc) is 3.44. The lowest BCUT2D eigenvalue weighted by Gasteiger charge is -2.30.